The van der Waals surface area contributed by atoms with Crippen molar-refractivity contribution in [2.24, 2.45) is 13.0 Å². The summed E-state index contributed by atoms with van der Waals surface area (Å²) in [6.07, 6.45) is 5.59. The summed E-state index contributed by atoms with van der Waals surface area (Å²) in [7, 11) is 1.98. The van der Waals surface area contributed by atoms with Crippen molar-refractivity contribution in [3.05, 3.63) is 60.7 Å². The molecule has 0 aliphatic carbocycles. The number of aryl methyl sites for hydroxylation is 2. The van der Waals surface area contributed by atoms with Crippen LogP contribution in [-0.2, 0) is 11.8 Å². The zero-order valence-corrected chi connectivity index (χ0v) is 26.7. The van der Waals surface area contributed by atoms with Gasteiger partial charge in [-0.2, -0.15) is 0 Å². The molecular weight excluding hydrogens is 566 g/mol. The molecule has 0 spiro atoms. The standard InChI is InChI=1S/C30H33N7O2.C5H6O/c1-5-6-11-37-15-19(2)16-38-27-14-24-28(35-30(27)37)29(32-17-31-24)34-21-7-10-26(20(3)12-21)39-22-8-9-25-23(13-22)33-18-36(25)4;1-3-4-5(2)6/h7-10,12-14,17-19H,5-6,11,15-16H2,1-4H3,(H,31,32,34);1-2H3. The fourth-order valence-corrected chi connectivity index (χ4v) is 5.14. The van der Waals surface area contributed by atoms with E-state index in [9.17, 15) is 4.79 Å². The minimum atomic E-state index is -0.0718. The van der Waals surface area contributed by atoms with Crippen molar-refractivity contribution in [3.63, 3.8) is 0 Å². The number of ether oxygens (including phenoxy) is 2. The number of hydrogen-bond donors (Lipinski definition) is 1. The molecule has 1 atom stereocenters. The summed E-state index contributed by atoms with van der Waals surface area (Å²) in [6, 6.07) is 13.9. The van der Waals surface area contributed by atoms with Crippen LogP contribution in [0, 0.1) is 24.7 Å². The van der Waals surface area contributed by atoms with E-state index in [-0.39, 0.29) is 5.78 Å². The van der Waals surface area contributed by atoms with Crippen LogP contribution in [0.3, 0.4) is 0 Å². The number of benzene rings is 2. The van der Waals surface area contributed by atoms with Crippen molar-refractivity contribution in [1.29, 1.82) is 0 Å². The van der Waals surface area contributed by atoms with Gasteiger partial charge in [0, 0.05) is 50.8 Å². The molecule has 0 saturated carbocycles. The molecule has 1 aliphatic rings. The lowest BCUT2D eigenvalue weighted by atomic mass is 10.2. The summed E-state index contributed by atoms with van der Waals surface area (Å²) < 4.78 is 14.3. The van der Waals surface area contributed by atoms with Gasteiger partial charge in [-0.1, -0.05) is 26.2 Å². The number of carbonyl (C=O) groups is 1. The molecule has 1 N–H and O–H groups in total. The summed E-state index contributed by atoms with van der Waals surface area (Å²) in [4.78, 5) is 30.7. The number of fused-ring (bicyclic) bond motifs is 3. The van der Waals surface area contributed by atoms with Crippen molar-refractivity contribution < 1.29 is 14.3 Å². The highest BCUT2D eigenvalue weighted by molar-refractivity contribution is 5.93. The maximum Gasteiger partial charge on any atom is 0.202 e. The lowest BCUT2D eigenvalue weighted by molar-refractivity contribution is -0.111. The lowest BCUT2D eigenvalue weighted by Gasteiger charge is -2.24. The van der Waals surface area contributed by atoms with Crippen LogP contribution in [-0.4, -0.2) is 50.0 Å². The third-order valence-electron chi connectivity index (χ3n) is 7.36. The van der Waals surface area contributed by atoms with Gasteiger partial charge in [0.1, 0.15) is 23.3 Å². The summed E-state index contributed by atoms with van der Waals surface area (Å²) in [5, 5.41) is 3.45. The molecule has 1 unspecified atom stereocenters. The van der Waals surface area contributed by atoms with Crippen LogP contribution in [0.2, 0.25) is 0 Å². The van der Waals surface area contributed by atoms with E-state index in [1.165, 1.54) is 6.92 Å². The summed E-state index contributed by atoms with van der Waals surface area (Å²) >= 11 is 0. The van der Waals surface area contributed by atoms with Gasteiger partial charge < -0.3 is 24.3 Å². The van der Waals surface area contributed by atoms with Crippen LogP contribution in [0.15, 0.2) is 55.1 Å². The molecule has 4 heterocycles. The van der Waals surface area contributed by atoms with E-state index in [2.05, 4.69) is 50.9 Å². The van der Waals surface area contributed by atoms with Crippen molar-refractivity contribution in [3.8, 4) is 29.1 Å². The largest absolute Gasteiger partial charge is 0.489 e. The number of nitrogens with zero attached hydrogens (tertiary/aromatic N) is 6. The zero-order valence-electron chi connectivity index (χ0n) is 26.7. The van der Waals surface area contributed by atoms with Crippen LogP contribution in [0.1, 0.15) is 46.1 Å². The van der Waals surface area contributed by atoms with Gasteiger partial charge in [0.2, 0.25) is 5.78 Å². The average Bonchev–Trinajstić information content (AvgIpc) is 3.31. The topological polar surface area (TPSA) is 107 Å². The summed E-state index contributed by atoms with van der Waals surface area (Å²) in [5.41, 5.74) is 5.32. The molecule has 3 aromatic heterocycles. The quantitative estimate of drug-likeness (QED) is 0.155. The molecule has 10 heteroatoms. The first-order valence-electron chi connectivity index (χ1n) is 15.2. The van der Waals surface area contributed by atoms with Crippen LogP contribution in [0.25, 0.3) is 22.1 Å². The number of unbranched alkanes of at least 4 members (excludes halogenated alkanes) is 1. The Morgan fingerprint density at radius 1 is 1.13 bits per heavy atom. The second kappa shape index (κ2) is 14.1. The van der Waals surface area contributed by atoms with Gasteiger partial charge in [-0.05, 0) is 62.1 Å². The number of ketones is 1. The highest BCUT2D eigenvalue weighted by Gasteiger charge is 2.23. The van der Waals surface area contributed by atoms with Crippen LogP contribution in [0.4, 0.5) is 17.3 Å². The number of anilines is 3. The molecule has 0 saturated heterocycles. The molecule has 2 aromatic carbocycles. The van der Waals surface area contributed by atoms with E-state index in [1.54, 1.807) is 19.6 Å². The molecule has 0 amide bonds. The van der Waals surface area contributed by atoms with Gasteiger partial charge >= 0.3 is 0 Å². The second-order valence-corrected chi connectivity index (χ2v) is 11.3. The van der Waals surface area contributed by atoms with Crippen LogP contribution >= 0.6 is 0 Å². The van der Waals surface area contributed by atoms with Crippen molar-refractivity contribution in [1.82, 2.24) is 24.5 Å². The average molecular weight is 606 g/mol. The van der Waals surface area contributed by atoms with Crippen molar-refractivity contribution in [2.75, 3.05) is 29.9 Å². The monoisotopic (exact) mass is 605 g/mol. The minimum Gasteiger partial charge on any atom is -0.489 e. The first-order valence-corrected chi connectivity index (χ1v) is 15.2. The predicted molar refractivity (Wildman–Crippen MR) is 178 cm³/mol. The molecule has 1 aliphatic heterocycles. The van der Waals surface area contributed by atoms with Gasteiger partial charge in [0.05, 0.1) is 29.5 Å². The normalized spacial score (nSPS) is 13.9. The Hall–Kier alpha value is -5.17. The van der Waals surface area contributed by atoms with E-state index in [4.69, 9.17) is 14.5 Å². The van der Waals surface area contributed by atoms with E-state index < -0.39 is 0 Å². The SMILES string of the molecule is CC#CC(C)=O.CCCCN1CC(C)COc2cc3ncnc(Nc4ccc(Oc5ccc6c(c5)ncn6C)c(C)c4)c3nc21. The van der Waals surface area contributed by atoms with Crippen molar-refractivity contribution >= 4 is 45.2 Å². The first-order chi connectivity index (χ1) is 21.7. The third-order valence-corrected chi connectivity index (χ3v) is 7.36. The Morgan fingerprint density at radius 3 is 2.71 bits per heavy atom. The third kappa shape index (κ3) is 7.50. The van der Waals surface area contributed by atoms with Crippen molar-refractivity contribution in [2.45, 2.75) is 47.5 Å². The minimum absolute atomic E-state index is 0.0718. The van der Waals surface area contributed by atoms with Crippen LogP contribution < -0.4 is 19.7 Å². The summed E-state index contributed by atoms with van der Waals surface area (Å²) in [5.74, 6) is 8.97. The molecule has 232 valence electrons. The molecule has 0 bridgehead atoms. The number of aromatic nitrogens is 5. The molecule has 6 rings (SSSR count). The lowest BCUT2D eigenvalue weighted by Crippen LogP contribution is -2.30. The zero-order chi connectivity index (χ0) is 31.9. The Bertz CT molecular complexity index is 1890. The van der Waals surface area contributed by atoms with Gasteiger partial charge in [-0.3, -0.25) is 4.79 Å². The van der Waals surface area contributed by atoms with Gasteiger partial charge in [0.25, 0.3) is 0 Å². The number of carbonyl (C=O) groups excluding carboxylic acids is 1. The van der Waals surface area contributed by atoms with E-state index in [1.807, 2.05) is 61.0 Å². The maximum atomic E-state index is 9.87. The first kappa shape index (κ1) is 31.3. The number of imidazole rings is 1. The van der Waals surface area contributed by atoms with Crippen LogP contribution in [0.5, 0.6) is 17.2 Å². The maximum absolute atomic E-state index is 9.87. The van der Waals surface area contributed by atoms with Gasteiger partial charge in [0.15, 0.2) is 17.4 Å². The highest BCUT2D eigenvalue weighted by Crippen LogP contribution is 2.36. The number of rotatable bonds is 7. The van der Waals surface area contributed by atoms with E-state index >= 15 is 0 Å². The number of hydrogen-bond acceptors (Lipinski definition) is 9. The second-order valence-electron chi connectivity index (χ2n) is 11.3. The molecule has 5 aromatic rings. The predicted octanol–water partition coefficient (Wildman–Crippen LogP) is 6.99. The fourth-order valence-electron chi connectivity index (χ4n) is 5.14. The Balaban J connectivity index is 0.000000609. The molecule has 10 nitrogen and oxygen atoms in total. The Labute approximate surface area is 263 Å². The fraction of sp³-hybridized carbons (Fsp3) is 0.343. The van der Waals surface area contributed by atoms with Gasteiger partial charge in [-0.15, -0.1) is 0 Å². The molecule has 0 fully saturated rings. The van der Waals surface area contributed by atoms with E-state index in [0.717, 1.165) is 82.3 Å². The summed E-state index contributed by atoms with van der Waals surface area (Å²) in [6.45, 7) is 12.1. The Morgan fingerprint density at radius 2 is 1.98 bits per heavy atom. The number of nitrogens with one attached hydrogen (secondary N) is 1. The number of Topliss-reactive ketones (excluding diaryl/α,β-unsaturated/α-hetero) is 1. The van der Waals surface area contributed by atoms with Gasteiger partial charge in [-0.25, -0.2) is 19.9 Å². The highest BCUT2D eigenvalue weighted by atomic mass is 16.5. The number of pyridine rings is 1. The smallest absolute Gasteiger partial charge is 0.202 e. The molecule has 45 heavy (non-hydrogen) atoms. The molecule has 0 radical (unpaired) electrons. The Kier molecular flexibility index (Phi) is 9.78. The molecular formula is C35H39N7O3. The van der Waals surface area contributed by atoms with E-state index in [0.29, 0.717) is 18.3 Å².